The number of benzene rings is 2. The van der Waals surface area contributed by atoms with Gasteiger partial charge in [-0.15, -0.1) is 0 Å². The SMILES string of the molecule is COc1ccc(/C=C2/c3ccccc3C(=O)N2O)cc1. The molecule has 0 bridgehead atoms. The molecule has 0 unspecified atom stereocenters. The third-order valence-corrected chi connectivity index (χ3v) is 3.27. The second-order valence-electron chi connectivity index (χ2n) is 4.47. The Morgan fingerprint density at radius 3 is 2.35 bits per heavy atom. The summed E-state index contributed by atoms with van der Waals surface area (Å²) in [4.78, 5) is 11.9. The number of hydrogen-bond donors (Lipinski definition) is 1. The van der Waals surface area contributed by atoms with Gasteiger partial charge in [-0.05, 0) is 29.8 Å². The molecule has 20 heavy (non-hydrogen) atoms. The average Bonchev–Trinajstić information content (AvgIpc) is 2.74. The van der Waals surface area contributed by atoms with Crippen LogP contribution in [0.2, 0.25) is 0 Å². The van der Waals surface area contributed by atoms with E-state index >= 15 is 0 Å². The van der Waals surface area contributed by atoms with Crippen molar-refractivity contribution >= 4 is 17.7 Å². The van der Waals surface area contributed by atoms with Crippen molar-refractivity contribution in [2.24, 2.45) is 0 Å². The first-order valence-electron chi connectivity index (χ1n) is 6.19. The first kappa shape index (κ1) is 12.4. The molecule has 1 amide bonds. The summed E-state index contributed by atoms with van der Waals surface area (Å²) in [5.41, 5.74) is 2.60. The normalized spacial score (nSPS) is 15.6. The minimum Gasteiger partial charge on any atom is -0.497 e. The molecule has 0 saturated heterocycles. The lowest BCUT2D eigenvalue weighted by atomic mass is 10.1. The van der Waals surface area contributed by atoms with E-state index in [-0.39, 0.29) is 0 Å². The van der Waals surface area contributed by atoms with Crippen molar-refractivity contribution in [2.45, 2.75) is 0 Å². The van der Waals surface area contributed by atoms with Crippen molar-refractivity contribution in [3.63, 3.8) is 0 Å². The summed E-state index contributed by atoms with van der Waals surface area (Å²) in [7, 11) is 1.61. The maximum absolute atomic E-state index is 11.9. The number of amides is 1. The third-order valence-electron chi connectivity index (χ3n) is 3.27. The highest BCUT2D eigenvalue weighted by Crippen LogP contribution is 2.32. The van der Waals surface area contributed by atoms with Crippen LogP contribution in [0, 0.1) is 0 Å². The molecular weight excluding hydrogens is 254 g/mol. The van der Waals surface area contributed by atoms with E-state index in [1.807, 2.05) is 36.4 Å². The quantitative estimate of drug-likeness (QED) is 0.851. The molecule has 100 valence electrons. The smallest absolute Gasteiger partial charge is 0.282 e. The van der Waals surface area contributed by atoms with E-state index in [9.17, 15) is 10.0 Å². The molecule has 0 spiro atoms. The van der Waals surface area contributed by atoms with E-state index < -0.39 is 5.91 Å². The first-order chi connectivity index (χ1) is 9.70. The molecule has 0 aromatic heterocycles. The molecule has 1 aliphatic heterocycles. The van der Waals surface area contributed by atoms with Gasteiger partial charge >= 0.3 is 0 Å². The summed E-state index contributed by atoms with van der Waals surface area (Å²) in [6.45, 7) is 0. The fourth-order valence-electron chi connectivity index (χ4n) is 2.23. The summed E-state index contributed by atoms with van der Waals surface area (Å²) in [5, 5.41) is 10.6. The van der Waals surface area contributed by atoms with E-state index in [1.54, 1.807) is 25.3 Å². The van der Waals surface area contributed by atoms with Gasteiger partial charge in [-0.1, -0.05) is 30.3 Å². The highest BCUT2D eigenvalue weighted by atomic mass is 16.5. The Morgan fingerprint density at radius 1 is 1.05 bits per heavy atom. The van der Waals surface area contributed by atoms with E-state index in [0.29, 0.717) is 16.3 Å². The maximum Gasteiger partial charge on any atom is 0.282 e. The fourth-order valence-corrected chi connectivity index (χ4v) is 2.23. The van der Waals surface area contributed by atoms with Crippen LogP contribution in [0.4, 0.5) is 0 Å². The highest BCUT2D eigenvalue weighted by molar-refractivity contribution is 6.10. The van der Waals surface area contributed by atoms with E-state index in [0.717, 1.165) is 16.9 Å². The predicted octanol–water partition coefficient (Wildman–Crippen LogP) is 3.04. The molecule has 3 rings (SSSR count). The summed E-state index contributed by atoms with van der Waals surface area (Å²) in [5.74, 6) is 0.358. The number of carbonyl (C=O) groups excluding carboxylic acids is 1. The molecular formula is C16H13NO3. The van der Waals surface area contributed by atoms with Crippen LogP contribution < -0.4 is 4.74 Å². The number of ether oxygens (including phenoxy) is 1. The Hall–Kier alpha value is -2.59. The van der Waals surface area contributed by atoms with Crippen molar-refractivity contribution in [3.05, 3.63) is 65.2 Å². The lowest BCUT2D eigenvalue weighted by Crippen LogP contribution is -2.17. The van der Waals surface area contributed by atoms with Crippen LogP contribution in [-0.4, -0.2) is 23.3 Å². The molecule has 0 fully saturated rings. The van der Waals surface area contributed by atoms with E-state index in [2.05, 4.69) is 0 Å². The molecule has 4 heteroatoms. The molecule has 1 heterocycles. The summed E-state index contributed by atoms with van der Waals surface area (Å²) >= 11 is 0. The van der Waals surface area contributed by atoms with Crippen LogP contribution in [0.15, 0.2) is 48.5 Å². The van der Waals surface area contributed by atoms with Gasteiger partial charge in [0.15, 0.2) is 0 Å². The number of methoxy groups -OCH3 is 1. The number of carbonyl (C=O) groups is 1. The van der Waals surface area contributed by atoms with Crippen molar-refractivity contribution in [2.75, 3.05) is 7.11 Å². The Bertz CT molecular complexity index is 689. The second-order valence-corrected chi connectivity index (χ2v) is 4.47. The molecule has 1 aliphatic rings. The topological polar surface area (TPSA) is 49.8 Å². The number of nitrogens with zero attached hydrogens (tertiary/aromatic N) is 1. The minimum atomic E-state index is -0.402. The maximum atomic E-state index is 11.9. The van der Waals surface area contributed by atoms with Crippen molar-refractivity contribution in [1.29, 1.82) is 0 Å². The number of fused-ring (bicyclic) bond motifs is 1. The highest BCUT2D eigenvalue weighted by Gasteiger charge is 2.30. The standard InChI is InChI=1S/C16H13NO3/c1-20-12-8-6-11(7-9-12)10-15-13-4-2-3-5-14(13)16(18)17(15)19/h2-10,19H,1H3/b15-10-. The van der Waals surface area contributed by atoms with Gasteiger partial charge in [-0.2, -0.15) is 5.06 Å². The van der Waals surface area contributed by atoms with Gasteiger partial charge in [0.1, 0.15) is 5.75 Å². The largest absolute Gasteiger partial charge is 0.497 e. The third kappa shape index (κ3) is 1.96. The summed E-state index contributed by atoms with van der Waals surface area (Å²) in [6.07, 6.45) is 1.77. The van der Waals surface area contributed by atoms with Gasteiger partial charge in [-0.25, -0.2) is 0 Å². The Balaban J connectivity index is 2.04. The molecule has 0 radical (unpaired) electrons. The van der Waals surface area contributed by atoms with E-state index in [1.165, 1.54) is 0 Å². The van der Waals surface area contributed by atoms with Crippen molar-refractivity contribution < 1.29 is 14.7 Å². The Labute approximate surface area is 116 Å². The molecule has 0 atom stereocenters. The molecule has 2 aromatic rings. The van der Waals surface area contributed by atoms with Crippen molar-refractivity contribution in [3.8, 4) is 5.75 Å². The van der Waals surface area contributed by atoms with Gasteiger partial charge in [0.2, 0.25) is 0 Å². The lowest BCUT2D eigenvalue weighted by molar-refractivity contribution is -0.00674. The van der Waals surface area contributed by atoms with Gasteiger partial charge in [0.25, 0.3) is 5.91 Å². The molecule has 1 N–H and O–H groups in total. The van der Waals surface area contributed by atoms with Gasteiger partial charge < -0.3 is 4.74 Å². The second kappa shape index (κ2) is 4.83. The van der Waals surface area contributed by atoms with Gasteiger partial charge in [-0.3, -0.25) is 10.0 Å². The van der Waals surface area contributed by atoms with Crippen LogP contribution in [-0.2, 0) is 0 Å². The van der Waals surface area contributed by atoms with Gasteiger partial charge in [0.05, 0.1) is 18.4 Å². The zero-order chi connectivity index (χ0) is 14.1. The molecule has 0 aliphatic carbocycles. The molecule has 2 aromatic carbocycles. The minimum absolute atomic E-state index is 0.402. The Kier molecular flexibility index (Phi) is 3.00. The summed E-state index contributed by atoms with van der Waals surface area (Å²) < 4.78 is 5.10. The fraction of sp³-hybridized carbons (Fsp3) is 0.0625. The van der Waals surface area contributed by atoms with E-state index in [4.69, 9.17) is 4.74 Å². The lowest BCUT2D eigenvalue weighted by Gasteiger charge is -2.09. The van der Waals surface area contributed by atoms with Crippen molar-refractivity contribution in [1.82, 2.24) is 5.06 Å². The zero-order valence-electron chi connectivity index (χ0n) is 10.9. The van der Waals surface area contributed by atoms with Crippen LogP contribution in [0.25, 0.3) is 11.8 Å². The van der Waals surface area contributed by atoms with Crippen LogP contribution in [0.1, 0.15) is 21.5 Å². The van der Waals surface area contributed by atoms with Crippen LogP contribution in [0.3, 0.4) is 0 Å². The van der Waals surface area contributed by atoms with Crippen LogP contribution in [0.5, 0.6) is 5.75 Å². The molecule has 0 saturated carbocycles. The zero-order valence-corrected chi connectivity index (χ0v) is 10.9. The summed E-state index contributed by atoms with van der Waals surface area (Å²) in [6, 6.07) is 14.5. The molecule has 4 nitrogen and oxygen atoms in total. The van der Waals surface area contributed by atoms with Crippen LogP contribution >= 0.6 is 0 Å². The number of rotatable bonds is 2. The average molecular weight is 267 g/mol. The Morgan fingerprint density at radius 2 is 1.70 bits per heavy atom. The number of hydroxylamine groups is 2. The first-order valence-corrected chi connectivity index (χ1v) is 6.19. The van der Waals surface area contributed by atoms with Gasteiger partial charge in [0, 0.05) is 5.56 Å². The monoisotopic (exact) mass is 267 g/mol. The number of hydrogen-bond acceptors (Lipinski definition) is 3. The predicted molar refractivity (Wildman–Crippen MR) is 75.3 cm³/mol.